The molecular formula is C11H8N2OS. The molecule has 2 rings (SSSR count). The van der Waals surface area contributed by atoms with E-state index in [-0.39, 0.29) is 0 Å². The molecule has 0 amide bonds. The minimum Gasteiger partial charge on any atom is -0.425 e. The molecule has 0 bridgehead atoms. The molecule has 2 aromatic heterocycles. The van der Waals surface area contributed by atoms with Gasteiger partial charge in [-0.25, -0.2) is 4.98 Å². The van der Waals surface area contributed by atoms with E-state index in [2.05, 4.69) is 9.97 Å². The topological polar surface area (TPSA) is 35.0 Å². The molecule has 0 aliphatic heterocycles. The van der Waals surface area contributed by atoms with Crippen LogP contribution in [0.15, 0.2) is 48.8 Å². The third kappa shape index (κ3) is 2.57. The van der Waals surface area contributed by atoms with Gasteiger partial charge in [0.2, 0.25) is 10.9 Å². The summed E-state index contributed by atoms with van der Waals surface area (Å²) < 4.78 is 5.36. The summed E-state index contributed by atoms with van der Waals surface area (Å²) in [4.78, 5) is 8.09. The normalized spacial score (nSPS) is 9.60. The molecule has 3 nitrogen and oxygen atoms in total. The predicted molar refractivity (Wildman–Crippen MR) is 60.8 cm³/mol. The second kappa shape index (κ2) is 4.61. The number of aromatic nitrogens is 2. The van der Waals surface area contributed by atoms with Crippen LogP contribution in [0, 0.1) is 0 Å². The summed E-state index contributed by atoms with van der Waals surface area (Å²) in [6, 6.07) is 10.9. The van der Waals surface area contributed by atoms with Gasteiger partial charge in [-0.2, -0.15) is 0 Å². The zero-order chi connectivity index (χ0) is 10.5. The van der Waals surface area contributed by atoms with Crippen molar-refractivity contribution in [3.63, 3.8) is 0 Å². The highest BCUT2D eigenvalue weighted by atomic mass is 32.1. The first-order valence-electron chi connectivity index (χ1n) is 4.40. The number of thiocarbonyl (C=S) groups is 1. The molecule has 0 saturated heterocycles. The highest BCUT2D eigenvalue weighted by Gasteiger charge is 2.04. The van der Waals surface area contributed by atoms with E-state index in [1.165, 1.54) is 0 Å². The molecule has 0 unspecified atom stereocenters. The van der Waals surface area contributed by atoms with Crippen molar-refractivity contribution in [2.45, 2.75) is 0 Å². The van der Waals surface area contributed by atoms with E-state index in [4.69, 9.17) is 17.0 Å². The monoisotopic (exact) mass is 216 g/mol. The maximum Gasteiger partial charge on any atom is 0.220 e. The second-order valence-corrected chi connectivity index (χ2v) is 3.14. The number of nitrogens with zero attached hydrogens (tertiary/aromatic N) is 2. The van der Waals surface area contributed by atoms with Gasteiger partial charge in [-0.15, -0.1) is 0 Å². The molecule has 2 aromatic rings. The average Bonchev–Trinajstić information content (AvgIpc) is 2.31. The number of rotatable bonds is 2. The SMILES string of the molecule is S=C(Oc1ccccn1)c1ccccn1. The van der Waals surface area contributed by atoms with E-state index in [1.807, 2.05) is 24.3 Å². The van der Waals surface area contributed by atoms with Crippen LogP contribution < -0.4 is 4.74 Å². The van der Waals surface area contributed by atoms with Crippen LogP contribution in [0.2, 0.25) is 0 Å². The first-order chi connectivity index (χ1) is 7.36. The maximum absolute atomic E-state index is 5.36. The predicted octanol–water partition coefficient (Wildman–Crippen LogP) is 2.23. The molecule has 0 spiro atoms. The van der Waals surface area contributed by atoms with E-state index in [1.54, 1.807) is 24.5 Å². The Morgan fingerprint density at radius 3 is 2.33 bits per heavy atom. The third-order valence-electron chi connectivity index (χ3n) is 1.71. The summed E-state index contributed by atoms with van der Waals surface area (Å²) in [5, 5.41) is 0.328. The standard InChI is InChI=1S/C11H8N2OS/c15-11(9-5-1-3-7-12-9)14-10-6-2-4-8-13-10/h1-8H. The van der Waals surface area contributed by atoms with Crippen LogP contribution >= 0.6 is 12.2 Å². The largest absolute Gasteiger partial charge is 0.425 e. The fraction of sp³-hybridized carbons (Fsp3) is 0. The van der Waals surface area contributed by atoms with Gasteiger partial charge in [0.1, 0.15) is 5.69 Å². The Morgan fingerprint density at radius 1 is 1.00 bits per heavy atom. The van der Waals surface area contributed by atoms with Crippen LogP contribution in [0.4, 0.5) is 0 Å². The van der Waals surface area contributed by atoms with E-state index in [0.29, 0.717) is 16.6 Å². The number of ether oxygens (including phenoxy) is 1. The fourth-order valence-corrected chi connectivity index (χ4v) is 1.24. The van der Waals surface area contributed by atoms with E-state index < -0.39 is 0 Å². The Bertz CT molecular complexity index is 445. The molecule has 0 atom stereocenters. The Labute approximate surface area is 92.8 Å². The molecule has 74 valence electrons. The van der Waals surface area contributed by atoms with Crippen LogP contribution in [0.3, 0.4) is 0 Å². The Kier molecular flexibility index (Phi) is 2.99. The van der Waals surface area contributed by atoms with Crippen molar-refractivity contribution in [2.24, 2.45) is 0 Å². The van der Waals surface area contributed by atoms with Crippen LogP contribution in [-0.2, 0) is 0 Å². The van der Waals surface area contributed by atoms with Crippen LogP contribution in [-0.4, -0.2) is 15.0 Å². The van der Waals surface area contributed by atoms with Gasteiger partial charge < -0.3 is 4.74 Å². The van der Waals surface area contributed by atoms with Gasteiger partial charge in [0.15, 0.2) is 0 Å². The minimum absolute atomic E-state index is 0.328. The van der Waals surface area contributed by atoms with Crippen molar-refractivity contribution in [1.29, 1.82) is 0 Å². The van der Waals surface area contributed by atoms with Crippen molar-refractivity contribution in [3.05, 3.63) is 54.5 Å². The van der Waals surface area contributed by atoms with Crippen molar-refractivity contribution >= 4 is 17.3 Å². The van der Waals surface area contributed by atoms with Crippen molar-refractivity contribution < 1.29 is 4.74 Å². The van der Waals surface area contributed by atoms with Crippen molar-refractivity contribution in [2.75, 3.05) is 0 Å². The third-order valence-corrected chi connectivity index (χ3v) is 2.00. The molecular weight excluding hydrogens is 208 g/mol. The lowest BCUT2D eigenvalue weighted by atomic mass is 10.4. The summed E-state index contributed by atoms with van der Waals surface area (Å²) in [5.41, 5.74) is 0.637. The molecule has 0 fully saturated rings. The van der Waals surface area contributed by atoms with E-state index in [0.717, 1.165) is 0 Å². The lowest BCUT2D eigenvalue weighted by Crippen LogP contribution is -2.09. The molecule has 0 saturated carbocycles. The Hall–Kier alpha value is -1.81. The van der Waals surface area contributed by atoms with Gasteiger partial charge in [0, 0.05) is 18.5 Å². The summed E-state index contributed by atoms with van der Waals surface area (Å²) in [6.07, 6.45) is 3.32. The first-order valence-corrected chi connectivity index (χ1v) is 4.81. The second-order valence-electron chi connectivity index (χ2n) is 2.77. The average molecular weight is 216 g/mol. The fourth-order valence-electron chi connectivity index (χ4n) is 1.04. The molecule has 0 aliphatic carbocycles. The van der Waals surface area contributed by atoms with Gasteiger partial charge in [0.25, 0.3) is 0 Å². The smallest absolute Gasteiger partial charge is 0.220 e. The summed E-state index contributed by atoms with van der Waals surface area (Å²) in [5.74, 6) is 0.480. The minimum atomic E-state index is 0.328. The summed E-state index contributed by atoms with van der Waals surface area (Å²) in [6.45, 7) is 0. The van der Waals surface area contributed by atoms with Gasteiger partial charge in [-0.05, 0) is 30.4 Å². The van der Waals surface area contributed by atoms with E-state index >= 15 is 0 Å². The molecule has 0 N–H and O–H groups in total. The summed E-state index contributed by atoms with van der Waals surface area (Å²) in [7, 11) is 0. The van der Waals surface area contributed by atoms with Gasteiger partial charge in [0.05, 0.1) is 0 Å². The number of hydrogen-bond acceptors (Lipinski definition) is 4. The number of pyridine rings is 2. The lowest BCUT2D eigenvalue weighted by Gasteiger charge is -2.04. The molecule has 15 heavy (non-hydrogen) atoms. The van der Waals surface area contributed by atoms with Crippen LogP contribution in [0.1, 0.15) is 5.69 Å². The highest BCUT2D eigenvalue weighted by molar-refractivity contribution is 7.80. The van der Waals surface area contributed by atoms with Crippen molar-refractivity contribution in [3.8, 4) is 5.88 Å². The lowest BCUT2D eigenvalue weighted by molar-refractivity contribution is 0.540. The molecule has 4 heteroatoms. The molecule has 0 aliphatic rings. The molecule has 0 aromatic carbocycles. The zero-order valence-electron chi connectivity index (χ0n) is 7.83. The molecule has 0 radical (unpaired) electrons. The first kappa shape index (κ1) is 9.73. The van der Waals surface area contributed by atoms with Gasteiger partial charge in [-0.1, -0.05) is 12.1 Å². The van der Waals surface area contributed by atoms with Gasteiger partial charge in [-0.3, -0.25) is 4.98 Å². The zero-order valence-corrected chi connectivity index (χ0v) is 8.65. The maximum atomic E-state index is 5.36. The quantitative estimate of drug-likeness (QED) is 0.721. The molecule has 2 heterocycles. The highest BCUT2D eigenvalue weighted by Crippen LogP contribution is 2.07. The Morgan fingerprint density at radius 2 is 1.73 bits per heavy atom. The number of hydrogen-bond donors (Lipinski definition) is 0. The van der Waals surface area contributed by atoms with Crippen molar-refractivity contribution in [1.82, 2.24) is 9.97 Å². The Balaban J connectivity index is 2.12. The van der Waals surface area contributed by atoms with Gasteiger partial charge >= 0.3 is 0 Å². The van der Waals surface area contributed by atoms with E-state index in [9.17, 15) is 0 Å². The summed E-state index contributed by atoms with van der Waals surface area (Å²) >= 11 is 5.08. The van der Waals surface area contributed by atoms with Crippen LogP contribution in [0.25, 0.3) is 0 Å². The van der Waals surface area contributed by atoms with Crippen LogP contribution in [0.5, 0.6) is 5.88 Å².